The monoisotopic (exact) mass is 447 g/mol. The standard InChI is InChI=1S/C24H28F3N3O2/c1-16(2)28-21(31)20-10-9-19(13-17(20)3)29-22(32)23(24(25,26)27)11-12-30(15-23)14-18-7-5-4-6-8-18/h4-10,13,16H,11-12,14-15H2,1-3H3,(H,28,31)(H,29,32). The summed E-state index contributed by atoms with van der Waals surface area (Å²) in [6.45, 7) is 5.48. The van der Waals surface area contributed by atoms with E-state index in [0.29, 0.717) is 17.7 Å². The van der Waals surface area contributed by atoms with Crippen molar-refractivity contribution in [2.75, 3.05) is 18.4 Å². The Morgan fingerprint density at radius 2 is 1.81 bits per heavy atom. The molecule has 2 amide bonds. The first kappa shape index (κ1) is 23.8. The number of benzene rings is 2. The first-order valence-electron chi connectivity index (χ1n) is 10.6. The van der Waals surface area contributed by atoms with Gasteiger partial charge in [0.2, 0.25) is 5.91 Å². The zero-order valence-corrected chi connectivity index (χ0v) is 18.4. The van der Waals surface area contributed by atoms with Crippen molar-refractivity contribution in [1.29, 1.82) is 0 Å². The van der Waals surface area contributed by atoms with Crippen molar-refractivity contribution in [3.05, 3.63) is 65.2 Å². The van der Waals surface area contributed by atoms with Crippen LogP contribution in [0.1, 0.15) is 41.8 Å². The van der Waals surface area contributed by atoms with Gasteiger partial charge in [-0.25, -0.2) is 0 Å². The second-order valence-corrected chi connectivity index (χ2v) is 8.64. The zero-order chi connectivity index (χ0) is 23.5. The molecule has 1 unspecified atom stereocenters. The quantitative estimate of drug-likeness (QED) is 0.684. The first-order valence-corrected chi connectivity index (χ1v) is 10.6. The summed E-state index contributed by atoms with van der Waals surface area (Å²) in [4.78, 5) is 26.8. The molecule has 32 heavy (non-hydrogen) atoms. The Bertz CT molecular complexity index is 976. The van der Waals surface area contributed by atoms with Crippen LogP contribution in [0.5, 0.6) is 0 Å². The topological polar surface area (TPSA) is 61.4 Å². The Kier molecular flexibility index (Phi) is 6.93. The second kappa shape index (κ2) is 9.32. The zero-order valence-electron chi connectivity index (χ0n) is 18.4. The fraction of sp³-hybridized carbons (Fsp3) is 0.417. The molecular weight excluding hydrogens is 419 g/mol. The van der Waals surface area contributed by atoms with Gasteiger partial charge in [-0.15, -0.1) is 0 Å². The van der Waals surface area contributed by atoms with Gasteiger partial charge in [-0.1, -0.05) is 30.3 Å². The molecule has 2 aromatic rings. The minimum atomic E-state index is -4.69. The molecule has 1 atom stereocenters. The van der Waals surface area contributed by atoms with Gasteiger partial charge in [0.15, 0.2) is 5.41 Å². The third-order valence-corrected chi connectivity index (χ3v) is 5.72. The van der Waals surface area contributed by atoms with E-state index in [1.54, 1.807) is 11.8 Å². The lowest BCUT2D eigenvalue weighted by Gasteiger charge is -2.30. The Balaban J connectivity index is 1.76. The number of hydrogen-bond acceptors (Lipinski definition) is 3. The van der Waals surface area contributed by atoms with Crippen molar-refractivity contribution in [3.63, 3.8) is 0 Å². The van der Waals surface area contributed by atoms with Gasteiger partial charge in [0.25, 0.3) is 5.91 Å². The molecule has 2 N–H and O–H groups in total. The lowest BCUT2D eigenvalue weighted by molar-refractivity contribution is -0.215. The Morgan fingerprint density at radius 3 is 2.41 bits per heavy atom. The van der Waals surface area contributed by atoms with E-state index in [9.17, 15) is 22.8 Å². The molecule has 1 heterocycles. The third-order valence-electron chi connectivity index (χ3n) is 5.72. The van der Waals surface area contributed by atoms with Gasteiger partial charge in [-0.2, -0.15) is 13.2 Å². The summed E-state index contributed by atoms with van der Waals surface area (Å²) in [7, 11) is 0. The van der Waals surface area contributed by atoms with E-state index in [1.807, 2.05) is 44.2 Å². The van der Waals surface area contributed by atoms with Crippen LogP contribution in [0.15, 0.2) is 48.5 Å². The van der Waals surface area contributed by atoms with Crippen LogP contribution in [0.25, 0.3) is 0 Å². The summed E-state index contributed by atoms with van der Waals surface area (Å²) in [5.74, 6) is -1.34. The first-order chi connectivity index (χ1) is 15.0. The number of halogens is 3. The summed E-state index contributed by atoms with van der Waals surface area (Å²) in [6, 6.07) is 13.7. The van der Waals surface area contributed by atoms with Crippen LogP contribution in [-0.2, 0) is 11.3 Å². The predicted octanol–water partition coefficient (Wildman–Crippen LogP) is 4.53. The number of aryl methyl sites for hydroxylation is 1. The molecule has 1 aliphatic heterocycles. The average molecular weight is 448 g/mol. The number of rotatable bonds is 6. The van der Waals surface area contributed by atoms with Crippen molar-refractivity contribution in [2.24, 2.45) is 5.41 Å². The number of nitrogens with one attached hydrogen (secondary N) is 2. The van der Waals surface area contributed by atoms with Crippen molar-refractivity contribution >= 4 is 17.5 Å². The van der Waals surface area contributed by atoms with Gasteiger partial charge < -0.3 is 10.6 Å². The molecule has 8 heteroatoms. The number of anilines is 1. The van der Waals surface area contributed by atoms with E-state index >= 15 is 0 Å². The molecule has 0 bridgehead atoms. The average Bonchev–Trinajstić information content (AvgIpc) is 3.13. The molecule has 0 radical (unpaired) electrons. The number of amides is 2. The molecule has 0 saturated carbocycles. The minimum absolute atomic E-state index is 0.0471. The fourth-order valence-electron chi connectivity index (χ4n) is 4.00. The minimum Gasteiger partial charge on any atom is -0.350 e. The highest BCUT2D eigenvalue weighted by atomic mass is 19.4. The molecule has 1 aliphatic rings. The Labute approximate surface area is 186 Å². The highest BCUT2D eigenvalue weighted by Gasteiger charge is 2.62. The van der Waals surface area contributed by atoms with Gasteiger partial charge in [0.05, 0.1) is 0 Å². The van der Waals surface area contributed by atoms with Crippen molar-refractivity contribution in [1.82, 2.24) is 10.2 Å². The van der Waals surface area contributed by atoms with E-state index in [0.717, 1.165) is 5.56 Å². The Morgan fingerprint density at radius 1 is 1.12 bits per heavy atom. The van der Waals surface area contributed by atoms with Crippen molar-refractivity contribution < 1.29 is 22.8 Å². The van der Waals surface area contributed by atoms with E-state index in [-0.39, 0.29) is 30.6 Å². The van der Waals surface area contributed by atoms with Gasteiger partial charge in [0.1, 0.15) is 0 Å². The van der Waals surface area contributed by atoms with Gasteiger partial charge in [-0.3, -0.25) is 14.5 Å². The van der Waals surface area contributed by atoms with E-state index in [2.05, 4.69) is 10.6 Å². The van der Waals surface area contributed by atoms with Crippen LogP contribution in [0.4, 0.5) is 18.9 Å². The number of likely N-dealkylation sites (tertiary alicyclic amines) is 1. The van der Waals surface area contributed by atoms with Crippen molar-refractivity contribution in [3.8, 4) is 0 Å². The second-order valence-electron chi connectivity index (χ2n) is 8.64. The lowest BCUT2D eigenvalue weighted by atomic mass is 9.85. The molecule has 3 rings (SSSR count). The normalized spacial score (nSPS) is 19.2. The summed E-state index contributed by atoms with van der Waals surface area (Å²) < 4.78 is 42.3. The number of nitrogens with zero attached hydrogens (tertiary/aromatic N) is 1. The SMILES string of the molecule is Cc1cc(NC(=O)C2(C(F)(F)F)CCN(Cc3ccccc3)C2)ccc1C(=O)NC(C)C. The van der Waals surface area contributed by atoms with Crippen LogP contribution in [-0.4, -0.2) is 42.0 Å². The van der Waals surface area contributed by atoms with Gasteiger partial charge in [0, 0.05) is 30.4 Å². The Hall–Kier alpha value is -2.87. The van der Waals surface area contributed by atoms with Crippen LogP contribution in [0.2, 0.25) is 0 Å². The number of alkyl halides is 3. The largest absolute Gasteiger partial charge is 0.404 e. The maximum Gasteiger partial charge on any atom is 0.404 e. The number of carbonyl (C=O) groups is 2. The predicted molar refractivity (Wildman–Crippen MR) is 117 cm³/mol. The summed E-state index contributed by atoms with van der Waals surface area (Å²) in [6.07, 6.45) is -4.99. The summed E-state index contributed by atoms with van der Waals surface area (Å²) in [5, 5.41) is 5.22. The highest BCUT2D eigenvalue weighted by molar-refractivity contribution is 5.99. The molecule has 0 aromatic heterocycles. The van der Waals surface area contributed by atoms with Gasteiger partial charge >= 0.3 is 6.18 Å². The maximum atomic E-state index is 14.1. The third kappa shape index (κ3) is 5.12. The molecule has 0 aliphatic carbocycles. The molecule has 172 valence electrons. The lowest BCUT2D eigenvalue weighted by Crippen LogP contribution is -2.49. The van der Waals surface area contributed by atoms with Gasteiger partial charge in [-0.05, 0) is 63.1 Å². The van der Waals surface area contributed by atoms with Crippen LogP contribution in [0, 0.1) is 12.3 Å². The van der Waals surface area contributed by atoms with E-state index in [4.69, 9.17) is 0 Å². The van der Waals surface area contributed by atoms with Crippen LogP contribution >= 0.6 is 0 Å². The highest BCUT2D eigenvalue weighted by Crippen LogP contribution is 2.46. The van der Waals surface area contributed by atoms with E-state index < -0.39 is 24.0 Å². The number of hydrogen-bond donors (Lipinski definition) is 2. The molecule has 1 fully saturated rings. The molecular formula is C24H28F3N3O2. The van der Waals surface area contributed by atoms with E-state index in [1.165, 1.54) is 18.2 Å². The summed E-state index contributed by atoms with van der Waals surface area (Å²) in [5.41, 5.74) is -0.365. The van der Waals surface area contributed by atoms with Crippen molar-refractivity contribution in [2.45, 2.75) is 46.0 Å². The molecule has 1 saturated heterocycles. The van der Waals surface area contributed by atoms with Crippen LogP contribution in [0.3, 0.4) is 0 Å². The number of carbonyl (C=O) groups excluding carboxylic acids is 2. The summed E-state index contributed by atoms with van der Waals surface area (Å²) >= 11 is 0. The fourth-order valence-corrected chi connectivity index (χ4v) is 4.00. The maximum absolute atomic E-state index is 14.1. The molecule has 0 spiro atoms. The molecule has 2 aromatic carbocycles. The van der Waals surface area contributed by atoms with Crippen LogP contribution < -0.4 is 10.6 Å². The smallest absolute Gasteiger partial charge is 0.350 e. The molecule has 5 nitrogen and oxygen atoms in total.